The molecule has 2 fully saturated rings. The number of hydrogen-bond donors (Lipinski definition) is 0. The molecule has 0 spiro atoms. The molecule has 1 aliphatic carbocycles. The zero-order valence-corrected chi connectivity index (χ0v) is 14.0. The second-order valence-electron chi connectivity index (χ2n) is 6.02. The summed E-state index contributed by atoms with van der Waals surface area (Å²) in [6.07, 6.45) is 7.55. The van der Waals surface area contributed by atoms with Crippen molar-refractivity contribution in [2.45, 2.75) is 57.9 Å². The first-order chi connectivity index (χ1) is 9.59. The summed E-state index contributed by atoms with van der Waals surface area (Å²) in [5.41, 5.74) is 0. The minimum absolute atomic E-state index is 0.204. The van der Waals surface area contributed by atoms with Crippen LogP contribution in [0.5, 0.6) is 0 Å². The van der Waals surface area contributed by atoms with E-state index < -0.39 is 10.2 Å². The molecular weight excluding hydrogens is 296 g/mol. The normalized spacial score (nSPS) is 27.1. The molecule has 1 heterocycles. The summed E-state index contributed by atoms with van der Waals surface area (Å²) >= 11 is 5.92. The van der Waals surface area contributed by atoms with Gasteiger partial charge >= 0.3 is 0 Å². The zero-order valence-electron chi connectivity index (χ0n) is 12.4. The largest absolute Gasteiger partial charge is 0.282 e. The molecule has 1 unspecified atom stereocenters. The summed E-state index contributed by atoms with van der Waals surface area (Å²) < 4.78 is 29.2. The highest BCUT2D eigenvalue weighted by molar-refractivity contribution is 7.86. The summed E-state index contributed by atoms with van der Waals surface area (Å²) in [6.45, 7) is 3.78. The van der Waals surface area contributed by atoms with Crippen molar-refractivity contribution in [2.24, 2.45) is 5.92 Å². The first kappa shape index (κ1) is 16.5. The lowest BCUT2D eigenvalue weighted by Gasteiger charge is -2.39. The quantitative estimate of drug-likeness (QED) is 0.730. The van der Waals surface area contributed by atoms with Crippen LogP contribution in [0, 0.1) is 5.92 Å². The lowest BCUT2D eigenvalue weighted by molar-refractivity contribution is 0.218. The van der Waals surface area contributed by atoms with Gasteiger partial charge in [-0.3, -0.25) is 0 Å². The number of alkyl halides is 1. The summed E-state index contributed by atoms with van der Waals surface area (Å²) in [4.78, 5) is 0. The lowest BCUT2D eigenvalue weighted by atomic mass is 9.95. The summed E-state index contributed by atoms with van der Waals surface area (Å²) in [5, 5.41) is 0. The molecule has 1 saturated carbocycles. The van der Waals surface area contributed by atoms with Crippen LogP contribution in [-0.4, -0.2) is 48.6 Å². The number of piperidine rings is 1. The fourth-order valence-corrected chi connectivity index (χ4v) is 5.71. The number of nitrogens with zero attached hydrogens (tertiary/aromatic N) is 2. The average molecular weight is 323 g/mol. The van der Waals surface area contributed by atoms with E-state index in [1.165, 1.54) is 6.42 Å². The van der Waals surface area contributed by atoms with Crippen LogP contribution in [0.3, 0.4) is 0 Å². The van der Waals surface area contributed by atoms with Crippen molar-refractivity contribution in [1.82, 2.24) is 8.61 Å². The Morgan fingerprint density at radius 1 is 1.15 bits per heavy atom. The van der Waals surface area contributed by atoms with Crippen molar-refractivity contribution < 1.29 is 8.42 Å². The van der Waals surface area contributed by atoms with E-state index in [9.17, 15) is 8.42 Å². The fourth-order valence-electron chi connectivity index (χ4n) is 3.49. The van der Waals surface area contributed by atoms with Crippen LogP contribution in [0.2, 0.25) is 0 Å². The highest BCUT2D eigenvalue weighted by Gasteiger charge is 2.36. The molecule has 0 amide bonds. The van der Waals surface area contributed by atoms with Gasteiger partial charge in [0.1, 0.15) is 0 Å². The van der Waals surface area contributed by atoms with Crippen molar-refractivity contribution in [3.8, 4) is 0 Å². The minimum Gasteiger partial charge on any atom is -0.195 e. The topological polar surface area (TPSA) is 40.6 Å². The molecular formula is C14H27ClN2O2S. The molecule has 0 bridgehead atoms. The van der Waals surface area contributed by atoms with Crippen molar-refractivity contribution in [1.29, 1.82) is 0 Å². The van der Waals surface area contributed by atoms with E-state index in [2.05, 4.69) is 0 Å². The van der Waals surface area contributed by atoms with Crippen molar-refractivity contribution >= 4 is 21.8 Å². The Hall–Kier alpha value is 0.160. The Morgan fingerprint density at radius 2 is 1.85 bits per heavy atom. The third-order valence-corrected chi connectivity index (χ3v) is 7.19. The maximum absolute atomic E-state index is 12.9. The molecule has 2 aliphatic rings. The molecule has 20 heavy (non-hydrogen) atoms. The smallest absolute Gasteiger partial charge is 0.195 e. The van der Waals surface area contributed by atoms with Gasteiger partial charge in [0.05, 0.1) is 0 Å². The molecule has 4 nitrogen and oxygen atoms in total. The van der Waals surface area contributed by atoms with Crippen molar-refractivity contribution in [3.05, 3.63) is 0 Å². The fraction of sp³-hybridized carbons (Fsp3) is 1.00. The van der Waals surface area contributed by atoms with Gasteiger partial charge in [-0.25, -0.2) is 0 Å². The van der Waals surface area contributed by atoms with Gasteiger partial charge in [-0.05, 0) is 31.6 Å². The van der Waals surface area contributed by atoms with Crippen LogP contribution < -0.4 is 0 Å². The summed E-state index contributed by atoms with van der Waals surface area (Å²) in [6, 6.07) is 0.204. The van der Waals surface area contributed by atoms with Gasteiger partial charge < -0.3 is 0 Å². The molecule has 118 valence electrons. The lowest BCUT2D eigenvalue weighted by Crippen LogP contribution is -2.51. The van der Waals surface area contributed by atoms with Crippen LogP contribution in [0.1, 0.15) is 51.9 Å². The third-order valence-electron chi connectivity index (χ3n) is 4.62. The Morgan fingerprint density at radius 3 is 2.45 bits per heavy atom. The van der Waals surface area contributed by atoms with Gasteiger partial charge in [-0.15, -0.1) is 11.6 Å². The van der Waals surface area contributed by atoms with E-state index in [4.69, 9.17) is 11.6 Å². The highest BCUT2D eigenvalue weighted by Crippen LogP contribution is 2.28. The molecule has 0 aromatic heterocycles. The van der Waals surface area contributed by atoms with E-state index >= 15 is 0 Å². The van der Waals surface area contributed by atoms with Crippen LogP contribution in [0.4, 0.5) is 0 Å². The number of halogens is 1. The molecule has 0 N–H and O–H groups in total. The Balaban J connectivity index is 2.09. The predicted octanol–water partition coefficient (Wildman–Crippen LogP) is 2.84. The maximum atomic E-state index is 12.9. The molecule has 0 radical (unpaired) electrons. The Labute approximate surface area is 128 Å². The number of hydrogen-bond acceptors (Lipinski definition) is 2. The molecule has 1 atom stereocenters. The number of rotatable bonds is 5. The standard InChI is InChI=1S/C14H27ClN2O2S/c1-2-17(14-8-4-3-5-9-14)20(18,19)16-10-6-7-13(11-15)12-16/h13-14H,2-12H2,1H3. The van der Waals surface area contributed by atoms with Gasteiger partial charge in [-0.2, -0.15) is 17.0 Å². The first-order valence-corrected chi connectivity index (χ1v) is 9.85. The van der Waals surface area contributed by atoms with E-state index in [-0.39, 0.29) is 6.04 Å². The molecule has 1 aliphatic heterocycles. The highest BCUT2D eigenvalue weighted by atomic mass is 35.5. The van der Waals surface area contributed by atoms with Crippen LogP contribution >= 0.6 is 11.6 Å². The van der Waals surface area contributed by atoms with E-state index in [0.29, 0.717) is 31.4 Å². The second-order valence-corrected chi connectivity index (χ2v) is 8.21. The third kappa shape index (κ3) is 3.67. The Bertz CT molecular complexity index is 396. The van der Waals surface area contributed by atoms with Gasteiger partial charge in [0, 0.05) is 31.6 Å². The monoisotopic (exact) mass is 322 g/mol. The predicted molar refractivity (Wildman–Crippen MR) is 83.2 cm³/mol. The van der Waals surface area contributed by atoms with Crippen LogP contribution in [-0.2, 0) is 10.2 Å². The Kier molecular flexibility index (Phi) is 6.14. The molecule has 1 saturated heterocycles. The minimum atomic E-state index is -3.31. The molecule has 0 aromatic carbocycles. The SMILES string of the molecule is CCN(C1CCCCC1)S(=O)(=O)N1CCCC(CCl)C1. The van der Waals surface area contributed by atoms with E-state index in [1.54, 1.807) is 8.61 Å². The van der Waals surface area contributed by atoms with Crippen molar-refractivity contribution in [2.75, 3.05) is 25.5 Å². The maximum Gasteiger partial charge on any atom is 0.282 e. The molecule has 0 aromatic rings. The van der Waals surface area contributed by atoms with Gasteiger partial charge in [0.2, 0.25) is 0 Å². The van der Waals surface area contributed by atoms with Crippen molar-refractivity contribution in [3.63, 3.8) is 0 Å². The van der Waals surface area contributed by atoms with Gasteiger partial charge in [0.25, 0.3) is 10.2 Å². The summed E-state index contributed by atoms with van der Waals surface area (Å²) in [7, 11) is -3.31. The van der Waals surface area contributed by atoms with Crippen LogP contribution in [0.15, 0.2) is 0 Å². The van der Waals surface area contributed by atoms with E-state index in [1.807, 2.05) is 6.92 Å². The van der Waals surface area contributed by atoms with Gasteiger partial charge in [-0.1, -0.05) is 26.2 Å². The average Bonchev–Trinajstić information content (AvgIpc) is 2.49. The van der Waals surface area contributed by atoms with Gasteiger partial charge in [0.15, 0.2) is 0 Å². The molecule has 6 heteroatoms. The molecule has 2 rings (SSSR count). The first-order valence-electron chi connectivity index (χ1n) is 7.92. The zero-order chi connectivity index (χ0) is 14.6. The second kappa shape index (κ2) is 7.43. The van der Waals surface area contributed by atoms with E-state index in [0.717, 1.165) is 38.5 Å². The van der Waals surface area contributed by atoms with Crippen LogP contribution in [0.25, 0.3) is 0 Å². The summed E-state index contributed by atoms with van der Waals surface area (Å²) in [5.74, 6) is 0.868.